The first kappa shape index (κ1) is 18.1. The summed E-state index contributed by atoms with van der Waals surface area (Å²) in [5.41, 5.74) is 0.221. The normalized spacial score (nSPS) is 24.0. The van der Waals surface area contributed by atoms with E-state index in [0.717, 1.165) is 25.3 Å². The second-order valence-electron chi connectivity index (χ2n) is 6.49. The molecule has 1 aromatic rings. The molecule has 1 aliphatic heterocycles. The number of non-ortho nitro benzene ring substituents is 1. The van der Waals surface area contributed by atoms with Crippen LogP contribution in [0, 0.1) is 16.0 Å². The van der Waals surface area contributed by atoms with Gasteiger partial charge in [0.2, 0.25) is 10.0 Å². The molecule has 1 aromatic carbocycles. The van der Waals surface area contributed by atoms with Crippen molar-refractivity contribution in [1.82, 2.24) is 4.31 Å². The number of nitrogens with one attached hydrogen (secondary N) is 1. The minimum atomic E-state index is -3.81. The monoisotopic (exact) mass is 369 g/mol. The molecule has 2 unspecified atom stereocenters. The molecule has 9 heteroatoms. The zero-order valence-corrected chi connectivity index (χ0v) is 15.0. The van der Waals surface area contributed by atoms with Gasteiger partial charge < -0.3 is 10.1 Å². The fourth-order valence-corrected chi connectivity index (χ4v) is 4.78. The molecule has 1 heterocycles. The van der Waals surface area contributed by atoms with Crippen LogP contribution >= 0.6 is 0 Å². The lowest BCUT2D eigenvalue weighted by atomic mass is 10.2. The van der Waals surface area contributed by atoms with E-state index in [4.69, 9.17) is 4.74 Å². The smallest absolute Gasteiger partial charge is 0.270 e. The molecule has 2 fully saturated rings. The fraction of sp³-hybridized carbons (Fsp3) is 0.625. The number of hydrogen-bond donors (Lipinski definition) is 1. The van der Waals surface area contributed by atoms with Gasteiger partial charge in [-0.05, 0) is 24.8 Å². The number of sulfonamides is 1. The summed E-state index contributed by atoms with van der Waals surface area (Å²) in [6.07, 6.45) is 3.18. The van der Waals surface area contributed by atoms with Gasteiger partial charge >= 0.3 is 0 Å². The molecule has 2 atom stereocenters. The van der Waals surface area contributed by atoms with E-state index in [1.165, 1.54) is 16.4 Å². The van der Waals surface area contributed by atoms with Gasteiger partial charge in [0.1, 0.15) is 4.90 Å². The highest BCUT2D eigenvalue weighted by Crippen LogP contribution is 2.39. The summed E-state index contributed by atoms with van der Waals surface area (Å²) in [6.45, 7) is 3.30. The first-order chi connectivity index (χ1) is 11.9. The number of anilines is 1. The van der Waals surface area contributed by atoms with Gasteiger partial charge in [0.15, 0.2) is 0 Å². The fourth-order valence-electron chi connectivity index (χ4n) is 3.20. The molecule has 3 rings (SSSR count). The number of rotatable bonds is 7. The third-order valence-electron chi connectivity index (χ3n) is 4.69. The van der Waals surface area contributed by atoms with Crippen molar-refractivity contribution in [2.45, 2.75) is 37.1 Å². The number of morpholine rings is 1. The van der Waals surface area contributed by atoms with E-state index in [9.17, 15) is 18.5 Å². The number of nitro groups is 1. The summed E-state index contributed by atoms with van der Waals surface area (Å²) in [6, 6.07) is 4.25. The maximum Gasteiger partial charge on any atom is 0.270 e. The Morgan fingerprint density at radius 3 is 2.72 bits per heavy atom. The van der Waals surface area contributed by atoms with E-state index in [1.54, 1.807) is 0 Å². The van der Waals surface area contributed by atoms with E-state index < -0.39 is 14.9 Å². The van der Waals surface area contributed by atoms with Gasteiger partial charge in [0.05, 0.1) is 23.8 Å². The van der Waals surface area contributed by atoms with Gasteiger partial charge in [-0.25, -0.2) is 8.42 Å². The molecule has 0 amide bonds. The quantitative estimate of drug-likeness (QED) is 0.584. The van der Waals surface area contributed by atoms with Crippen LogP contribution < -0.4 is 5.32 Å². The van der Waals surface area contributed by atoms with Crippen LogP contribution in [0.4, 0.5) is 11.4 Å². The Labute approximate surface area is 147 Å². The topological polar surface area (TPSA) is 102 Å². The maximum absolute atomic E-state index is 13.0. The predicted octanol–water partition coefficient (Wildman–Crippen LogP) is 2.22. The first-order valence-corrected chi connectivity index (χ1v) is 10.0. The Balaban J connectivity index is 1.91. The molecule has 1 saturated heterocycles. The van der Waals surface area contributed by atoms with Crippen molar-refractivity contribution in [3.63, 3.8) is 0 Å². The lowest BCUT2D eigenvalue weighted by Gasteiger charge is -2.27. The largest absolute Gasteiger partial charge is 0.381 e. The third-order valence-corrected chi connectivity index (χ3v) is 6.63. The van der Waals surface area contributed by atoms with Crippen molar-refractivity contribution in [3.05, 3.63) is 28.3 Å². The molecular weight excluding hydrogens is 346 g/mol. The van der Waals surface area contributed by atoms with E-state index >= 15 is 0 Å². The molecule has 0 radical (unpaired) electrons. The molecule has 0 spiro atoms. The highest BCUT2D eigenvalue weighted by molar-refractivity contribution is 7.89. The number of ether oxygens (including phenoxy) is 1. The highest BCUT2D eigenvalue weighted by Gasteiger charge is 2.38. The van der Waals surface area contributed by atoms with Crippen molar-refractivity contribution in [1.29, 1.82) is 0 Å². The highest BCUT2D eigenvalue weighted by atomic mass is 32.2. The van der Waals surface area contributed by atoms with Gasteiger partial charge in [0, 0.05) is 31.3 Å². The van der Waals surface area contributed by atoms with Crippen LogP contribution in [0.3, 0.4) is 0 Å². The van der Waals surface area contributed by atoms with E-state index in [-0.39, 0.29) is 29.7 Å². The lowest BCUT2D eigenvalue weighted by Crippen LogP contribution is -2.40. The van der Waals surface area contributed by atoms with Crippen LogP contribution in [0.1, 0.15) is 26.2 Å². The Morgan fingerprint density at radius 1 is 1.36 bits per heavy atom. The Bertz CT molecular complexity index is 746. The lowest BCUT2D eigenvalue weighted by molar-refractivity contribution is -0.385. The molecule has 25 heavy (non-hydrogen) atoms. The summed E-state index contributed by atoms with van der Waals surface area (Å²) < 4.78 is 32.5. The maximum atomic E-state index is 13.0. The van der Waals surface area contributed by atoms with Gasteiger partial charge in [-0.1, -0.05) is 13.3 Å². The molecule has 1 saturated carbocycles. The van der Waals surface area contributed by atoms with Gasteiger partial charge in [-0.15, -0.1) is 0 Å². The average Bonchev–Trinajstić information content (AvgIpc) is 3.33. The number of nitrogens with zero attached hydrogens (tertiary/aromatic N) is 2. The van der Waals surface area contributed by atoms with E-state index in [1.807, 2.05) is 0 Å². The minimum absolute atomic E-state index is 0.0225. The van der Waals surface area contributed by atoms with Crippen molar-refractivity contribution >= 4 is 21.4 Å². The summed E-state index contributed by atoms with van der Waals surface area (Å²) in [7, 11) is -3.81. The minimum Gasteiger partial charge on any atom is -0.381 e. The molecule has 138 valence electrons. The SMILES string of the molecule is CCCC1CC1Nc1ccc([N+](=O)[O-])cc1S(=O)(=O)N1CCOCC1. The van der Waals surface area contributed by atoms with Crippen LogP contribution in [0.25, 0.3) is 0 Å². The number of hydrogen-bond acceptors (Lipinski definition) is 6. The van der Waals surface area contributed by atoms with Crippen LogP contribution in [-0.2, 0) is 14.8 Å². The molecular formula is C16H23N3O5S. The summed E-state index contributed by atoms with van der Waals surface area (Å²) in [5.74, 6) is 0.541. The van der Waals surface area contributed by atoms with E-state index in [0.29, 0.717) is 24.8 Å². The third kappa shape index (κ3) is 3.94. The Hall–Kier alpha value is -1.71. The number of benzene rings is 1. The van der Waals surface area contributed by atoms with Gasteiger partial charge in [-0.2, -0.15) is 4.31 Å². The average molecular weight is 369 g/mol. The molecule has 0 aromatic heterocycles. The summed E-state index contributed by atoms with van der Waals surface area (Å²) in [4.78, 5) is 10.5. The summed E-state index contributed by atoms with van der Waals surface area (Å²) >= 11 is 0. The number of nitro benzene ring substituents is 1. The molecule has 2 aliphatic rings. The molecule has 8 nitrogen and oxygen atoms in total. The van der Waals surface area contributed by atoms with Crippen molar-refractivity contribution in [3.8, 4) is 0 Å². The van der Waals surface area contributed by atoms with Crippen LogP contribution in [0.2, 0.25) is 0 Å². The van der Waals surface area contributed by atoms with Crippen molar-refractivity contribution in [2.24, 2.45) is 5.92 Å². The van der Waals surface area contributed by atoms with Crippen LogP contribution in [0.15, 0.2) is 23.1 Å². The summed E-state index contributed by atoms with van der Waals surface area (Å²) in [5, 5.41) is 14.4. The van der Waals surface area contributed by atoms with E-state index in [2.05, 4.69) is 12.2 Å². The van der Waals surface area contributed by atoms with Crippen molar-refractivity contribution < 1.29 is 18.1 Å². The van der Waals surface area contributed by atoms with Crippen LogP contribution in [0.5, 0.6) is 0 Å². The molecule has 1 aliphatic carbocycles. The second-order valence-corrected chi connectivity index (χ2v) is 8.40. The van der Waals surface area contributed by atoms with Gasteiger partial charge in [-0.3, -0.25) is 10.1 Å². The second kappa shape index (κ2) is 7.27. The predicted molar refractivity (Wildman–Crippen MR) is 93.1 cm³/mol. The van der Waals surface area contributed by atoms with Gasteiger partial charge in [0.25, 0.3) is 5.69 Å². The first-order valence-electron chi connectivity index (χ1n) is 8.56. The standard InChI is InChI=1S/C16H23N3O5S/c1-2-3-12-10-15(12)17-14-5-4-13(19(20)21)11-16(14)25(22,23)18-6-8-24-9-7-18/h4-5,11-12,15,17H,2-3,6-10H2,1H3. The zero-order chi connectivity index (χ0) is 18.0. The van der Waals surface area contributed by atoms with Crippen LogP contribution in [-0.4, -0.2) is 50.0 Å². The Kier molecular flexibility index (Phi) is 5.26. The van der Waals surface area contributed by atoms with Crippen molar-refractivity contribution in [2.75, 3.05) is 31.6 Å². The Morgan fingerprint density at radius 2 is 2.08 bits per heavy atom. The molecule has 0 bridgehead atoms. The molecule has 1 N–H and O–H groups in total. The zero-order valence-electron chi connectivity index (χ0n) is 14.2.